The number of anilines is 1. The van der Waals surface area contributed by atoms with Crippen LogP contribution in [0.4, 0.5) is 5.82 Å². The minimum Gasteiger partial charge on any atom is -0.382 e. The molecule has 1 aromatic carbocycles. The van der Waals surface area contributed by atoms with Crippen molar-refractivity contribution < 1.29 is 9.90 Å². The van der Waals surface area contributed by atoms with Crippen LogP contribution in [0.5, 0.6) is 0 Å². The highest BCUT2D eigenvalue weighted by atomic mass is 16.3. The van der Waals surface area contributed by atoms with Gasteiger partial charge >= 0.3 is 0 Å². The van der Waals surface area contributed by atoms with Crippen molar-refractivity contribution >= 4 is 35.9 Å². The van der Waals surface area contributed by atoms with Gasteiger partial charge in [-0.3, -0.25) is 4.79 Å². The maximum Gasteiger partial charge on any atom is 0.263 e. The number of nitrogens with two attached hydrogens (primary N) is 1. The van der Waals surface area contributed by atoms with Gasteiger partial charge in [-0.1, -0.05) is 29.4 Å². The fourth-order valence-corrected chi connectivity index (χ4v) is 2.51. The number of fused-ring (bicyclic) bond motifs is 1. The lowest BCUT2D eigenvalue weighted by Gasteiger charge is -2.15. The molecule has 0 bridgehead atoms. The highest BCUT2D eigenvalue weighted by Crippen LogP contribution is 2.20. The first-order valence-corrected chi connectivity index (χ1v) is 8.62. The first kappa shape index (κ1) is 19.3. The number of nitrogens with zero attached hydrogens (tertiary/aromatic N) is 4. The van der Waals surface area contributed by atoms with E-state index in [1.165, 1.54) is 11.1 Å². The van der Waals surface area contributed by atoms with Crippen LogP contribution in [0.2, 0.25) is 0 Å². The number of carbonyl (C=O) groups is 1. The van der Waals surface area contributed by atoms with E-state index >= 15 is 0 Å². The van der Waals surface area contributed by atoms with Crippen molar-refractivity contribution in [3.05, 3.63) is 42.2 Å². The maximum atomic E-state index is 11.9. The second-order valence-corrected chi connectivity index (χ2v) is 6.16. The van der Waals surface area contributed by atoms with E-state index in [1.807, 2.05) is 13.0 Å². The Bertz CT molecular complexity index is 1110. The molecule has 2 heterocycles. The van der Waals surface area contributed by atoms with Crippen LogP contribution in [-0.2, 0) is 4.79 Å². The van der Waals surface area contributed by atoms with Crippen LogP contribution in [0.1, 0.15) is 12.5 Å². The van der Waals surface area contributed by atoms with E-state index in [0.29, 0.717) is 39.9 Å². The van der Waals surface area contributed by atoms with Crippen LogP contribution in [-0.4, -0.2) is 58.4 Å². The lowest BCUT2D eigenvalue weighted by molar-refractivity contribution is -0.135. The van der Waals surface area contributed by atoms with Crippen LogP contribution in [0.3, 0.4) is 0 Å². The molecule has 0 fully saturated rings. The average Bonchev–Trinajstić information content (AvgIpc) is 2.73. The zero-order valence-electron chi connectivity index (χ0n) is 15.5. The number of pyridine rings is 1. The molecule has 1 atom stereocenters. The number of benzene rings is 1. The minimum atomic E-state index is -1.38. The van der Waals surface area contributed by atoms with Gasteiger partial charge in [-0.05, 0) is 19.1 Å². The molecule has 1 amide bonds. The van der Waals surface area contributed by atoms with Gasteiger partial charge in [0.15, 0.2) is 11.9 Å². The van der Waals surface area contributed by atoms with Gasteiger partial charge in [0.2, 0.25) is 0 Å². The summed E-state index contributed by atoms with van der Waals surface area (Å²) in [6.07, 6.45) is 1.70. The SMILES string of the molecule is [B]c1cnc(N)c2nc(-c3cccc(C#C[C@@H](O)C(=O)N(C)CC)c3)ncc12. The number of rotatable bonds is 3. The van der Waals surface area contributed by atoms with Gasteiger partial charge < -0.3 is 15.7 Å². The van der Waals surface area contributed by atoms with Crippen molar-refractivity contribution in [2.75, 3.05) is 19.3 Å². The number of nitrogen functional groups attached to an aromatic ring is 1. The molecule has 0 aliphatic heterocycles. The predicted octanol–water partition coefficient (Wildman–Crippen LogP) is 0.258. The molecular formula is C20H18BN5O2. The fourth-order valence-electron chi connectivity index (χ4n) is 2.51. The van der Waals surface area contributed by atoms with E-state index in [0.717, 1.165) is 0 Å². The van der Waals surface area contributed by atoms with Crippen molar-refractivity contribution in [1.29, 1.82) is 0 Å². The third-order valence-electron chi connectivity index (χ3n) is 4.24. The third kappa shape index (κ3) is 3.95. The Morgan fingerprint density at radius 1 is 1.36 bits per heavy atom. The van der Waals surface area contributed by atoms with E-state index in [4.69, 9.17) is 13.6 Å². The molecule has 0 unspecified atom stereocenters. The molecular weight excluding hydrogens is 353 g/mol. The van der Waals surface area contributed by atoms with Crippen molar-refractivity contribution in [2.45, 2.75) is 13.0 Å². The second-order valence-electron chi connectivity index (χ2n) is 6.16. The van der Waals surface area contributed by atoms with Crippen molar-refractivity contribution in [3.8, 4) is 23.2 Å². The minimum absolute atomic E-state index is 0.269. The van der Waals surface area contributed by atoms with E-state index in [1.54, 1.807) is 31.4 Å². The van der Waals surface area contributed by atoms with Gasteiger partial charge in [0.05, 0.1) is 0 Å². The summed E-state index contributed by atoms with van der Waals surface area (Å²) in [5.41, 5.74) is 8.16. The van der Waals surface area contributed by atoms with Gasteiger partial charge in [0.1, 0.15) is 19.2 Å². The summed E-state index contributed by atoms with van der Waals surface area (Å²) < 4.78 is 0. The number of aliphatic hydroxyl groups is 1. The summed E-state index contributed by atoms with van der Waals surface area (Å²) >= 11 is 0. The Balaban J connectivity index is 1.92. The summed E-state index contributed by atoms with van der Waals surface area (Å²) in [4.78, 5) is 26.1. The van der Waals surface area contributed by atoms with Gasteiger partial charge in [-0.15, -0.1) is 0 Å². The van der Waals surface area contributed by atoms with Crippen LogP contribution >= 0.6 is 0 Å². The fraction of sp³-hybridized carbons (Fsp3) is 0.200. The number of hydrogen-bond acceptors (Lipinski definition) is 6. The highest BCUT2D eigenvalue weighted by molar-refractivity contribution is 6.38. The molecule has 3 N–H and O–H groups in total. The molecule has 0 spiro atoms. The summed E-state index contributed by atoms with van der Waals surface area (Å²) in [7, 11) is 7.50. The molecule has 7 nitrogen and oxygen atoms in total. The van der Waals surface area contributed by atoms with Crippen molar-refractivity contribution in [1.82, 2.24) is 19.9 Å². The summed E-state index contributed by atoms with van der Waals surface area (Å²) in [5.74, 6) is 5.65. The van der Waals surface area contributed by atoms with Gasteiger partial charge in [-0.25, -0.2) is 15.0 Å². The molecule has 2 radical (unpaired) electrons. The van der Waals surface area contributed by atoms with E-state index in [-0.39, 0.29) is 5.82 Å². The molecule has 3 aromatic rings. The van der Waals surface area contributed by atoms with Crippen LogP contribution in [0.25, 0.3) is 22.3 Å². The standard InChI is InChI=1S/C20H18BN5O2/c1-3-26(2)20(28)16(27)8-7-12-5-4-6-13(9-12)19-24-10-14-15(21)11-23-18(22)17(14)25-19/h4-6,9-11,16,27H,3H2,1-2H3,(H2,22,23)/t16-/m1/s1. The Morgan fingerprint density at radius 3 is 2.89 bits per heavy atom. The zero-order valence-corrected chi connectivity index (χ0v) is 15.5. The monoisotopic (exact) mass is 371 g/mol. The van der Waals surface area contributed by atoms with Crippen LogP contribution in [0, 0.1) is 11.8 Å². The van der Waals surface area contributed by atoms with Crippen LogP contribution in [0.15, 0.2) is 36.7 Å². The van der Waals surface area contributed by atoms with Crippen molar-refractivity contribution in [2.24, 2.45) is 0 Å². The lowest BCUT2D eigenvalue weighted by atomic mass is 9.94. The maximum absolute atomic E-state index is 11.9. The number of carbonyl (C=O) groups excluding carboxylic acids is 1. The first-order chi connectivity index (χ1) is 13.4. The Kier molecular flexibility index (Phi) is 5.57. The lowest BCUT2D eigenvalue weighted by Crippen LogP contribution is -2.35. The quantitative estimate of drug-likeness (QED) is 0.506. The Labute approximate surface area is 164 Å². The Hall–Kier alpha value is -3.44. The second kappa shape index (κ2) is 8.07. The molecule has 0 saturated heterocycles. The molecule has 0 aliphatic rings. The summed E-state index contributed by atoms with van der Waals surface area (Å²) in [5, 5.41) is 10.6. The summed E-state index contributed by atoms with van der Waals surface area (Å²) in [6.45, 7) is 2.32. The number of likely N-dealkylation sites (N-methyl/N-ethyl adjacent to an activating group) is 1. The first-order valence-electron chi connectivity index (χ1n) is 8.62. The highest BCUT2D eigenvalue weighted by Gasteiger charge is 2.15. The number of amides is 1. The average molecular weight is 371 g/mol. The smallest absolute Gasteiger partial charge is 0.263 e. The van der Waals surface area contributed by atoms with E-state index in [9.17, 15) is 9.90 Å². The van der Waals surface area contributed by atoms with E-state index in [2.05, 4.69) is 26.8 Å². The number of aliphatic hydroxyl groups excluding tert-OH is 1. The topological polar surface area (TPSA) is 105 Å². The molecule has 0 saturated carbocycles. The molecule has 2 aromatic heterocycles. The molecule has 28 heavy (non-hydrogen) atoms. The normalized spacial score (nSPS) is 11.5. The molecule has 138 valence electrons. The van der Waals surface area contributed by atoms with Gasteiger partial charge in [0, 0.05) is 42.5 Å². The third-order valence-corrected chi connectivity index (χ3v) is 4.24. The molecule has 8 heteroatoms. The summed E-state index contributed by atoms with van der Waals surface area (Å²) in [6, 6.07) is 7.16. The van der Waals surface area contributed by atoms with Gasteiger partial charge in [0.25, 0.3) is 5.91 Å². The largest absolute Gasteiger partial charge is 0.382 e. The van der Waals surface area contributed by atoms with E-state index < -0.39 is 12.0 Å². The molecule has 0 aliphatic carbocycles. The Morgan fingerprint density at radius 2 is 2.14 bits per heavy atom. The zero-order chi connectivity index (χ0) is 20.3. The predicted molar refractivity (Wildman–Crippen MR) is 109 cm³/mol. The molecule has 3 rings (SSSR count). The van der Waals surface area contributed by atoms with Crippen LogP contribution < -0.4 is 11.2 Å². The number of aromatic nitrogens is 3. The van der Waals surface area contributed by atoms with Crippen molar-refractivity contribution in [3.63, 3.8) is 0 Å². The van der Waals surface area contributed by atoms with Gasteiger partial charge in [-0.2, -0.15) is 0 Å². The number of hydrogen-bond donors (Lipinski definition) is 2.